The van der Waals surface area contributed by atoms with E-state index >= 15 is 0 Å². The van der Waals surface area contributed by atoms with Gasteiger partial charge in [-0.3, -0.25) is 9.10 Å². The third-order valence-corrected chi connectivity index (χ3v) is 6.61. The number of nitrogens with one attached hydrogen (secondary N) is 1. The van der Waals surface area contributed by atoms with Gasteiger partial charge in [-0.25, -0.2) is 12.8 Å². The molecular weight excluding hydrogens is 447 g/mol. The summed E-state index contributed by atoms with van der Waals surface area (Å²) in [4.78, 5) is 12.5. The molecule has 0 fully saturated rings. The fraction of sp³-hybridized carbons (Fsp3) is 0.381. The van der Waals surface area contributed by atoms with Crippen LogP contribution in [-0.2, 0) is 14.8 Å². The number of methoxy groups -OCH3 is 2. The fourth-order valence-corrected chi connectivity index (χ4v) is 4.62. The minimum absolute atomic E-state index is 0.0551. The Morgan fingerprint density at radius 3 is 2.42 bits per heavy atom. The van der Waals surface area contributed by atoms with Gasteiger partial charge in [0.05, 0.1) is 29.8 Å². The maximum Gasteiger partial charge on any atom is 0.264 e. The number of hydrogen-bond acceptors (Lipinski definition) is 5. The second kappa shape index (κ2) is 10.7. The molecular formula is C21H26ClFN2O5S. The Hall–Kier alpha value is -2.52. The van der Waals surface area contributed by atoms with Crippen LogP contribution < -0.4 is 19.1 Å². The van der Waals surface area contributed by atoms with E-state index < -0.39 is 28.3 Å². The van der Waals surface area contributed by atoms with Crippen molar-refractivity contribution in [3.8, 4) is 11.5 Å². The predicted octanol–water partition coefficient (Wildman–Crippen LogP) is 4.00. The topological polar surface area (TPSA) is 84.9 Å². The fourth-order valence-electron chi connectivity index (χ4n) is 3.02. The highest BCUT2D eigenvalue weighted by Gasteiger charge is 2.29. The number of amides is 1. The molecule has 0 spiro atoms. The van der Waals surface area contributed by atoms with E-state index in [0.717, 1.165) is 29.3 Å². The van der Waals surface area contributed by atoms with Crippen LogP contribution in [0.25, 0.3) is 0 Å². The van der Waals surface area contributed by atoms with Crippen molar-refractivity contribution in [3.05, 3.63) is 47.2 Å². The summed E-state index contributed by atoms with van der Waals surface area (Å²) in [7, 11) is -1.41. The van der Waals surface area contributed by atoms with Gasteiger partial charge in [0.15, 0.2) is 11.5 Å². The summed E-state index contributed by atoms with van der Waals surface area (Å²) in [6, 6.07) is 7.42. The molecule has 1 N–H and O–H groups in total. The molecule has 31 heavy (non-hydrogen) atoms. The number of halogens is 2. The van der Waals surface area contributed by atoms with Crippen molar-refractivity contribution < 1.29 is 27.1 Å². The first kappa shape index (κ1) is 24.7. The van der Waals surface area contributed by atoms with Crippen LogP contribution in [-0.4, -0.2) is 41.1 Å². The van der Waals surface area contributed by atoms with Crippen LogP contribution in [0, 0.1) is 5.82 Å². The Morgan fingerprint density at radius 1 is 1.16 bits per heavy atom. The van der Waals surface area contributed by atoms with Crippen molar-refractivity contribution in [1.82, 2.24) is 5.32 Å². The number of sulfonamides is 1. The zero-order valence-corrected chi connectivity index (χ0v) is 19.4. The Balaban J connectivity index is 2.50. The summed E-state index contributed by atoms with van der Waals surface area (Å²) in [5, 5.41) is 2.52. The monoisotopic (exact) mass is 472 g/mol. The van der Waals surface area contributed by atoms with Crippen molar-refractivity contribution in [2.75, 3.05) is 25.1 Å². The average molecular weight is 473 g/mol. The quantitative estimate of drug-likeness (QED) is 0.565. The highest BCUT2D eigenvalue weighted by atomic mass is 35.5. The van der Waals surface area contributed by atoms with E-state index in [1.165, 1.54) is 38.5 Å². The van der Waals surface area contributed by atoms with Crippen LogP contribution in [0.3, 0.4) is 0 Å². The molecule has 7 nitrogen and oxygen atoms in total. The van der Waals surface area contributed by atoms with Crippen LogP contribution >= 0.6 is 11.6 Å². The SMILES string of the molecule is CCCC(C)NC(=O)CN(c1ccc(F)c(Cl)c1)S(=O)(=O)c1ccc(OC)c(OC)c1. The molecule has 1 amide bonds. The minimum Gasteiger partial charge on any atom is -0.493 e. The summed E-state index contributed by atoms with van der Waals surface area (Å²) in [5.74, 6) is -0.633. The lowest BCUT2D eigenvalue weighted by Gasteiger charge is -2.25. The van der Waals surface area contributed by atoms with Gasteiger partial charge in [-0.2, -0.15) is 0 Å². The Bertz CT molecular complexity index is 1030. The molecule has 0 aromatic heterocycles. The Kier molecular flexibility index (Phi) is 8.52. The van der Waals surface area contributed by atoms with Gasteiger partial charge in [0.1, 0.15) is 12.4 Å². The molecule has 1 atom stereocenters. The van der Waals surface area contributed by atoms with Crippen molar-refractivity contribution in [1.29, 1.82) is 0 Å². The molecule has 2 rings (SSSR count). The average Bonchev–Trinajstić information content (AvgIpc) is 2.73. The molecule has 2 aromatic rings. The molecule has 0 saturated heterocycles. The standard InChI is InChI=1S/C21H26ClFN2O5S/c1-5-6-14(2)24-21(26)13-25(15-7-9-18(23)17(22)11-15)31(27,28)16-8-10-19(29-3)20(12-16)30-4/h7-12,14H,5-6,13H2,1-4H3,(H,24,26). The second-order valence-electron chi connectivity index (χ2n) is 6.88. The summed E-state index contributed by atoms with van der Waals surface area (Å²) in [6.07, 6.45) is 1.61. The summed E-state index contributed by atoms with van der Waals surface area (Å²) >= 11 is 5.87. The smallest absolute Gasteiger partial charge is 0.264 e. The first-order chi connectivity index (χ1) is 14.6. The lowest BCUT2D eigenvalue weighted by Crippen LogP contribution is -2.43. The molecule has 170 valence electrons. The van der Waals surface area contributed by atoms with Gasteiger partial charge in [0, 0.05) is 12.1 Å². The van der Waals surface area contributed by atoms with Crippen molar-refractivity contribution in [2.45, 2.75) is 37.6 Å². The van der Waals surface area contributed by atoms with E-state index in [2.05, 4.69) is 5.32 Å². The number of nitrogens with zero attached hydrogens (tertiary/aromatic N) is 1. The van der Waals surface area contributed by atoms with E-state index in [0.29, 0.717) is 5.75 Å². The summed E-state index contributed by atoms with van der Waals surface area (Å²) in [5.41, 5.74) is 0.0551. The molecule has 0 radical (unpaired) electrons. The zero-order valence-electron chi connectivity index (χ0n) is 17.8. The number of ether oxygens (including phenoxy) is 2. The van der Waals surface area contributed by atoms with E-state index in [4.69, 9.17) is 21.1 Å². The van der Waals surface area contributed by atoms with Crippen molar-refractivity contribution in [3.63, 3.8) is 0 Å². The second-order valence-corrected chi connectivity index (χ2v) is 9.15. The number of rotatable bonds is 10. The third kappa shape index (κ3) is 6.01. The van der Waals surface area contributed by atoms with Gasteiger partial charge in [0.2, 0.25) is 5.91 Å². The largest absolute Gasteiger partial charge is 0.493 e. The van der Waals surface area contributed by atoms with E-state index in [-0.39, 0.29) is 27.4 Å². The molecule has 0 heterocycles. The number of carbonyl (C=O) groups excluding carboxylic acids is 1. The van der Waals surface area contributed by atoms with Gasteiger partial charge in [-0.1, -0.05) is 24.9 Å². The van der Waals surface area contributed by atoms with E-state index in [1.54, 1.807) is 0 Å². The van der Waals surface area contributed by atoms with E-state index in [1.807, 2.05) is 13.8 Å². The Labute approximate surface area is 187 Å². The maximum absolute atomic E-state index is 13.7. The molecule has 0 aliphatic rings. The highest BCUT2D eigenvalue weighted by Crippen LogP contribution is 2.33. The molecule has 2 aromatic carbocycles. The van der Waals surface area contributed by atoms with Crippen LogP contribution in [0.1, 0.15) is 26.7 Å². The molecule has 10 heteroatoms. The first-order valence-electron chi connectivity index (χ1n) is 9.63. The minimum atomic E-state index is -4.23. The number of hydrogen-bond donors (Lipinski definition) is 1. The summed E-state index contributed by atoms with van der Waals surface area (Å²) in [6.45, 7) is 3.31. The van der Waals surface area contributed by atoms with Gasteiger partial charge in [-0.15, -0.1) is 0 Å². The molecule has 0 aliphatic heterocycles. The number of anilines is 1. The van der Waals surface area contributed by atoms with Crippen molar-refractivity contribution in [2.24, 2.45) is 0 Å². The van der Waals surface area contributed by atoms with Gasteiger partial charge in [0.25, 0.3) is 10.0 Å². The molecule has 0 aliphatic carbocycles. The summed E-state index contributed by atoms with van der Waals surface area (Å²) < 4.78 is 51.8. The zero-order chi connectivity index (χ0) is 23.2. The van der Waals surface area contributed by atoms with Gasteiger partial charge < -0.3 is 14.8 Å². The highest BCUT2D eigenvalue weighted by molar-refractivity contribution is 7.92. The predicted molar refractivity (Wildman–Crippen MR) is 118 cm³/mol. The normalized spacial score (nSPS) is 12.2. The lowest BCUT2D eigenvalue weighted by molar-refractivity contribution is -0.120. The first-order valence-corrected chi connectivity index (χ1v) is 11.4. The van der Waals surface area contributed by atoms with Crippen molar-refractivity contribution >= 4 is 33.2 Å². The van der Waals surface area contributed by atoms with Crippen LogP contribution in [0.2, 0.25) is 5.02 Å². The maximum atomic E-state index is 13.7. The number of benzene rings is 2. The third-order valence-electron chi connectivity index (χ3n) is 4.55. The van der Waals surface area contributed by atoms with Gasteiger partial charge in [-0.05, 0) is 43.7 Å². The number of carbonyl (C=O) groups is 1. The van der Waals surface area contributed by atoms with Crippen LogP contribution in [0.15, 0.2) is 41.3 Å². The van der Waals surface area contributed by atoms with Gasteiger partial charge >= 0.3 is 0 Å². The molecule has 0 bridgehead atoms. The molecule has 0 saturated carbocycles. The molecule has 1 unspecified atom stereocenters. The lowest BCUT2D eigenvalue weighted by atomic mass is 10.2. The van der Waals surface area contributed by atoms with Crippen LogP contribution in [0.4, 0.5) is 10.1 Å². The van der Waals surface area contributed by atoms with E-state index in [9.17, 15) is 17.6 Å². The Morgan fingerprint density at radius 2 is 1.84 bits per heavy atom. The van der Waals surface area contributed by atoms with Crippen LogP contribution in [0.5, 0.6) is 11.5 Å².